The average Bonchev–Trinajstić information content (AvgIpc) is 2.67. The van der Waals surface area contributed by atoms with E-state index >= 15 is 0 Å². The van der Waals surface area contributed by atoms with Crippen LogP contribution >= 0.6 is 0 Å². The topological polar surface area (TPSA) is 48.5 Å². The van der Waals surface area contributed by atoms with Crippen molar-refractivity contribution in [1.82, 2.24) is 15.2 Å². The first-order valence-electron chi connectivity index (χ1n) is 9.43. The molecular weight excluding hydrogens is 300 g/mol. The molecule has 5 heteroatoms. The van der Waals surface area contributed by atoms with Crippen molar-refractivity contribution in [3.05, 3.63) is 24.4 Å². The van der Waals surface area contributed by atoms with Crippen LogP contribution in [0.2, 0.25) is 0 Å². The molecule has 2 aliphatic heterocycles. The molecule has 1 aromatic heterocycles. The molecule has 5 nitrogen and oxygen atoms in total. The Hall–Kier alpha value is -1.62. The van der Waals surface area contributed by atoms with E-state index in [-0.39, 0.29) is 5.92 Å². The molecule has 1 unspecified atom stereocenters. The van der Waals surface area contributed by atoms with Crippen LogP contribution in [-0.4, -0.2) is 55.1 Å². The highest BCUT2D eigenvalue weighted by atomic mass is 16.2. The Morgan fingerprint density at radius 3 is 2.79 bits per heavy atom. The molecule has 0 saturated carbocycles. The van der Waals surface area contributed by atoms with E-state index in [0.717, 1.165) is 70.8 Å². The lowest BCUT2D eigenvalue weighted by molar-refractivity contribution is -0.136. The normalized spacial score (nSPS) is 22.4. The summed E-state index contributed by atoms with van der Waals surface area (Å²) < 4.78 is 0. The van der Waals surface area contributed by atoms with E-state index in [4.69, 9.17) is 0 Å². The van der Waals surface area contributed by atoms with E-state index in [1.165, 1.54) is 0 Å². The van der Waals surface area contributed by atoms with Crippen LogP contribution < -0.4 is 10.2 Å². The third kappa shape index (κ3) is 4.26. The van der Waals surface area contributed by atoms with Crippen molar-refractivity contribution in [3.63, 3.8) is 0 Å². The molecule has 1 aromatic rings. The number of carbonyl (C=O) groups excluding carboxylic acids is 1. The van der Waals surface area contributed by atoms with Gasteiger partial charge in [-0.25, -0.2) is 4.98 Å². The zero-order valence-electron chi connectivity index (χ0n) is 14.8. The highest BCUT2D eigenvalue weighted by Crippen LogP contribution is 2.23. The maximum absolute atomic E-state index is 12.8. The summed E-state index contributed by atoms with van der Waals surface area (Å²) in [6, 6.07) is 6.09. The number of nitrogens with zero attached hydrogens (tertiary/aromatic N) is 3. The molecule has 1 N–H and O–H groups in total. The molecule has 3 heterocycles. The van der Waals surface area contributed by atoms with Crippen LogP contribution in [-0.2, 0) is 4.79 Å². The second kappa shape index (κ2) is 8.47. The minimum atomic E-state index is 0.187. The van der Waals surface area contributed by atoms with Gasteiger partial charge in [-0.1, -0.05) is 6.07 Å². The third-order valence-electron chi connectivity index (χ3n) is 5.41. The number of pyridine rings is 1. The van der Waals surface area contributed by atoms with Crippen LogP contribution in [0.25, 0.3) is 0 Å². The van der Waals surface area contributed by atoms with Crippen molar-refractivity contribution in [1.29, 1.82) is 0 Å². The van der Waals surface area contributed by atoms with Crippen molar-refractivity contribution in [3.8, 4) is 0 Å². The minimum Gasteiger partial charge on any atom is -0.357 e. The van der Waals surface area contributed by atoms with Crippen LogP contribution in [0.4, 0.5) is 5.82 Å². The number of hydrogen-bond acceptors (Lipinski definition) is 4. The molecule has 2 aliphatic rings. The first-order chi connectivity index (χ1) is 11.8. The van der Waals surface area contributed by atoms with E-state index in [9.17, 15) is 4.79 Å². The van der Waals surface area contributed by atoms with Crippen molar-refractivity contribution in [2.45, 2.75) is 32.6 Å². The van der Waals surface area contributed by atoms with Gasteiger partial charge in [-0.3, -0.25) is 4.79 Å². The Labute approximate surface area is 145 Å². The maximum atomic E-state index is 12.8. The fourth-order valence-corrected chi connectivity index (χ4v) is 3.89. The molecule has 1 amide bonds. The highest BCUT2D eigenvalue weighted by Gasteiger charge is 2.28. The lowest BCUT2D eigenvalue weighted by atomic mass is 9.94. The summed E-state index contributed by atoms with van der Waals surface area (Å²) in [5.41, 5.74) is 0. The summed E-state index contributed by atoms with van der Waals surface area (Å²) in [6.07, 6.45) is 6.31. The Morgan fingerprint density at radius 1 is 1.33 bits per heavy atom. The number of rotatable bonds is 5. The van der Waals surface area contributed by atoms with Crippen molar-refractivity contribution in [2.75, 3.05) is 44.2 Å². The predicted octanol–water partition coefficient (Wildman–Crippen LogP) is 2.15. The van der Waals surface area contributed by atoms with Gasteiger partial charge in [0.05, 0.1) is 5.92 Å². The number of aromatic nitrogens is 1. The Morgan fingerprint density at radius 2 is 2.17 bits per heavy atom. The summed E-state index contributed by atoms with van der Waals surface area (Å²) in [5, 5.41) is 3.36. The quantitative estimate of drug-likeness (QED) is 0.899. The molecule has 0 aliphatic carbocycles. The van der Waals surface area contributed by atoms with Crippen LogP contribution in [0, 0.1) is 11.8 Å². The molecule has 0 aromatic carbocycles. The number of anilines is 1. The Bertz CT molecular complexity index is 507. The summed E-state index contributed by atoms with van der Waals surface area (Å²) in [6.45, 7) is 7.85. The first kappa shape index (κ1) is 17.2. The lowest BCUT2D eigenvalue weighted by Gasteiger charge is -2.36. The van der Waals surface area contributed by atoms with Crippen molar-refractivity contribution >= 4 is 11.7 Å². The van der Waals surface area contributed by atoms with Gasteiger partial charge in [0.2, 0.25) is 5.91 Å². The Kier molecular flexibility index (Phi) is 6.07. The second-order valence-corrected chi connectivity index (χ2v) is 7.04. The molecule has 2 fully saturated rings. The molecule has 132 valence electrons. The van der Waals surface area contributed by atoms with Crippen LogP contribution in [0.1, 0.15) is 32.6 Å². The molecule has 0 radical (unpaired) electrons. The third-order valence-corrected chi connectivity index (χ3v) is 5.41. The lowest BCUT2D eigenvalue weighted by Crippen LogP contribution is -2.46. The van der Waals surface area contributed by atoms with E-state index in [1.807, 2.05) is 18.3 Å². The SMILES string of the molecule is CCN(CC1CCN(c2ccccn2)CC1)C(=O)C1CCCNC1. The summed E-state index contributed by atoms with van der Waals surface area (Å²) in [7, 11) is 0. The Balaban J connectivity index is 1.49. The number of carbonyl (C=O) groups is 1. The number of amides is 1. The molecule has 0 spiro atoms. The largest absolute Gasteiger partial charge is 0.357 e. The fraction of sp³-hybridized carbons (Fsp3) is 0.684. The molecule has 0 bridgehead atoms. The second-order valence-electron chi connectivity index (χ2n) is 7.04. The highest BCUT2D eigenvalue weighted by molar-refractivity contribution is 5.79. The molecule has 3 rings (SSSR count). The van der Waals surface area contributed by atoms with Gasteiger partial charge in [-0.2, -0.15) is 0 Å². The van der Waals surface area contributed by atoms with Crippen molar-refractivity contribution < 1.29 is 4.79 Å². The number of hydrogen-bond donors (Lipinski definition) is 1. The van der Waals surface area contributed by atoms with Gasteiger partial charge in [0.25, 0.3) is 0 Å². The zero-order chi connectivity index (χ0) is 16.8. The van der Waals surface area contributed by atoms with Crippen LogP contribution in [0.3, 0.4) is 0 Å². The van der Waals surface area contributed by atoms with E-state index < -0.39 is 0 Å². The predicted molar refractivity (Wildman–Crippen MR) is 97.0 cm³/mol. The molecular formula is C19H30N4O. The molecule has 24 heavy (non-hydrogen) atoms. The first-order valence-corrected chi connectivity index (χ1v) is 9.43. The van der Waals surface area contributed by atoms with Gasteiger partial charge in [-0.15, -0.1) is 0 Å². The summed E-state index contributed by atoms with van der Waals surface area (Å²) in [4.78, 5) is 21.7. The number of nitrogens with one attached hydrogen (secondary N) is 1. The van der Waals surface area contributed by atoms with Gasteiger partial charge >= 0.3 is 0 Å². The molecule has 1 atom stereocenters. The van der Waals surface area contributed by atoms with Gasteiger partial charge in [-0.05, 0) is 57.2 Å². The smallest absolute Gasteiger partial charge is 0.226 e. The zero-order valence-corrected chi connectivity index (χ0v) is 14.8. The van der Waals surface area contributed by atoms with Gasteiger partial charge in [0, 0.05) is 38.9 Å². The monoisotopic (exact) mass is 330 g/mol. The molecule has 2 saturated heterocycles. The van der Waals surface area contributed by atoms with E-state index in [2.05, 4.69) is 33.1 Å². The standard InChI is InChI=1S/C19H30N4O/c1-2-22(19(24)17-6-5-10-20-14-17)15-16-8-12-23(13-9-16)18-7-3-4-11-21-18/h3-4,7,11,16-17,20H,2,5-6,8-10,12-15H2,1H3. The van der Waals surface area contributed by atoms with Gasteiger partial charge in [0.1, 0.15) is 5.82 Å². The van der Waals surface area contributed by atoms with Crippen LogP contribution in [0.15, 0.2) is 24.4 Å². The summed E-state index contributed by atoms with van der Waals surface area (Å²) in [5.74, 6) is 2.24. The number of piperidine rings is 2. The van der Waals surface area contributed by atoms with Crippen molar-refractivity contribution in [2.24, 2.45) is 11.8 Å². The minimum absolute atomic E-state index is 0.187. The fourth-order valence-electron chi connectivity index (χ4n) is 3.89. The van der Waals surface area contributed by atoms with Crippen LogP contribution in [0.5, 0.6) is 0 Å². The van der Waals surface area contributed by atoms with Gasteiger partial charge < -0.3 is 15.1 Å². The van der Waals surface area contributed by atoms with E-state index in [0.29, 0.717) is 11.8 Å². The van der Waals surface area contributed by atoms with Gasteiger partial charge in [0.15, 0.2) is 0 Å². The summed E-state index contributed by atoms with van der Waals surface area (Å²) >= 11 is 0. The average molecular weight is 330 g/mol. The van der Waals surface area contributed by atoms with E-state index in [1.54, 1.807) is 0 Å². The maximum Gasteiger partial charge on any atom is 0.226 e.